The van der Waals surface area contributed by atoms with Gasteiger partial charge in [0, 0.05) is 52.0 Å². The Morgan fingerprint density at radius 3 is 2.11 bits per heavy atom. The van der Waals surface area contributed by atoms with Gasteiger partial charge >= 0.3 is 0 Å². The van der Waals surface area contributed by atoms with Crippen LogP contribution in [0.3, 0.4) is 0 Å². The Balaban J connectivity index is 1.74. The Bertz CT molecular complexity index is 1510. The number of aromatic amines is 1. The number of imidazole rings is 1. The average molecular weight is 466 g/mol. The van der Waals surface area contributed by atoms with E-state index in [1.807, 2.05) is 58.0 Å². The average Bonchev–Trinajstić information content (AvgIpc) is 3.52. The molecule has 0 amide bonds. The number of rotatable bonds is 5. The molecule has 0 saturated heterocycles. The fourth-order valence-corrected chi connectivity index (χ4v) is 5.17. The molecule has 1 aromatic carbocycles. The molecule has 5 aromatic rings. The molecule has 0 unspecified atom stereocenters. The molecule has 4 heterocycles. The number of hydrogen-bond donors (Lipinski definition) is 2. The molecule has 0 radical (unpaired) electrons. The number of H-pyrrole nitrogens is 1. The van der Waals surface area contributed by atoms with Crippen molar-refractivity contribution in [1.82, 2.24) is 25.1 Å². The van der Waals surface area contributed by atoms with Gasteiger partial charge < -0.3 is 14.6 Å². The maximum Gasteiger partial charge on any atom is 0.146 e. The maximum absolute atomic E-state index is 12.8. The first-order valence-electron chi connectivity index (χ1n) is 11.9. The highest BCUT2D eigenvalue weighted by atomic mass is 16.5. The van der Waals surface area contributed by atoms with Gasteiger partial charge in [0.2, 0.25) is 0 Å². The van der Waals surface area contributed by atoms with E-state index in [1.54, 1.807) is 12.4 Å². The molecule has 1 saturated carbocycles. The minimum absolute atomic E-state index is 0.436. The van der Waals surface area contributed by atoms with Gasteiger partial charge in [-0.3, -0.25) is 9.97 Å². The second-order valence-corrected chi connectivity index (χ2v) is 9.50. The van der Waals surface area contributed by atoms with E-state index in [0.717, 1.165) is 63.7 Å². The lowest BCUT2D eigenvalue weighted by Gasteiger charge is -2.32. The minimum atomic E-state index is -1.53. The smallest absolute Gasteiger partial charge is 0.146 e. The van der Waals surface area contributed by atoms with Crippen molar-refractivity contribution in [3.05, 3.63) is 94.1 Å². The van der Waals surface area contributed by atoms with Crippen molar-refractivity contribution >= 4 is 11.0 Å². The van der Waals surface area contributed by atoms with Gasteiger partial charge in [0.25, 0.3) is 0 Å². The number of benzene rings is 1. The summed E-state index contributed by atoms with van der Waals surface area (Å²) in [6.45, 7) is 7.68. The third kappa shape index (κ3) is 3.38. The summed E-state index contributed by atoms with van der Waals surface area (Å²) >= 11 is 0. The molecule has 2 N–H and O–H groups in total. The molecule has 0 spiro atoms. The van der Waals surface area contributed by atoms with Crippen LogP contribution in [0.5, 0.6) is 0 Å². The molecule has 1 aliphatic carbocycles. The number of nitrogens with one attached hydrogen (secondary N) is 1. The van der Waals surface area contributed by atoms with Crippen molar-refractivity contribution in [2.45, 2.75) is 52.1 Å². The molecule has 1 aliphatic rings. The third-order valence-electron chi connectivity index (χ3n) is 7.07. The Labute approximate surface area is 203 Å². The first-order chi connectivity index (χ1) is 16.9. The molecular weight excluding hydrogens is 438 g/mol. The van der Waals surface area contributed by atoms with E-state index in [4.69, 9.17) is 9.51 Å². The second kappa shape index (κ2) is 7.85. The summed E-state index contributed by atoms with van der Waals surface area (Å²) in [5.74, 6) is 2.13. The molecule has 176 valence electrons. The molecule has 7 nitrogen and oxygen atoms in total. The number of aliphatic hydroxyl groups is 1. The highest BCUT2D eigenvalue weighted by molar-refractivity contribution is 5.88. The van der Waals surface area contributed by atoms with Crippen LogP contribution in [-0.4, -0.2) is 30.2 Å². The van der Waals surface area contributed by atoms with Crippen LogP contribution < -0.4 is 0 Å². The highest BCUT2D eigenvalue weighted by Gasteiger charge is 2.40. The number of aryl methyl sites for hydroxylation is 4. The van der Waals surface area contributed by atoms with Crippen molar-refractivity contribution in [3.8, 4) is 11.1 Å². The lowest BCUT2D eigenvalue weighted by molar-refractivity contribution is 0.125. The first-order valence-corrected chi connectivity index (χ1v) is 11.9. The predicted octanol–water partition coefficient (Wildman–Crippen LogP) is 5.40. The molecule has 7 heteroatoms. The molecule has 35 heavy (non-hydrogen) atoms. The van der Waals surface area contributed by atoms with Gasteiger partial charge in [0.15, 0.2) is 0 Å². The lowest BCUT2D eigenvalue weighted by atomic mass is 9.77. The number of aromatic nitrogens is 5. The molecule has 0 bridgehead atoms. The third-order valence-corrected chi connectivity index (χ3v) is 7.07. The molecule has 0 aliphatic heterocycles. The van der Waals surface area contributed by atoms with Gasteiger partial charge in [0.1, 0.15) is 17.2 Å². The van der Waals surface area contributed by atoms with E-state index in [-0.39, 0.29) is 0 Å². The summed E-state index contributed by atoms with van der Waals surface area (Å²) in [4.78, 5) is 17.6. The van der Waals surface area contributed by atoms with Crippen LogP contribution in [0.2, 0.25) is 0 Å². The number of fused-ring (bicyclic) bond motifs is 1. The van der Waals surface area contributed by atoms with Crippen molar-refractivity contribution in [3.63, 3.8) is 0 Å². The van der Waals surface area contributed by atoms with Crippen LogP contribution in [0.1, 0.15) is 64.1 Å². The fourth-order valence-electron chi connectivity index (χ4n) is 5.17. The summed E-state index contributed by atoms with van der Waals surface area (Å²) in [5, 5.41) is 17.0. The number of pyridine rings is 2. The van der Waals surface area contributed by atoms with Gasteiger partial charge in [-0.05, 0) is 70.4 Å². The first kappa shape index (κ1) is 21.7. The zero-order valence-corrected chi connectivity index (χ0v) is 20.3. The molecule has 0 atom stereocenters. The van der Waals surface area contributed by atoms with Crippen molar-refractivity contribution in [2.75, 3.05) is 0 Å². The standard InChI is InChI=1S/C28H27N5O2/c1-15-21(7-5-11-29-15)28(34,22-8-6-12-30-16(22)2)23-13-20(25-17(3)33-35-18(25)4)14-24-26(23)32-27(31-24)19-9-10-19/h5-8,11-14,19,34H,9-10H2,1-4H3,(H,31,32). The van der Waals surface area contributed by atoms with Gasteiger partial charge in [0.05, 0.1) is 16.7 Å². The lowest BCUT2D eigenvalue weighted by Crippen LogP contribution is -2.32. The minimum Gasteiger partial charge on any atom is -0.376 e. The molecule has 1 fully saturated rings. The van der Waals surface area contributed by atoms with E-state index in [2.05, 4.69) is 26.2 Å². The summed E-state index contributed by atoms with van der Waals surface area (Å²) < 4.78 is 5.49. The Morgan fingerprint density at radius 2 is 1.57 bits per heavy atom. The zero-order valence-electron chi connectivity index (χ0n) is 20.3. The second-order valence-electron chi connectivity index (χ2n) is 9.50. The van der Waals surface area contributed by atoms with Crippen molar-refractivity contribution < 1.29 is 9.63 Å². The van der Waals surface area contributed by atoms with Crippen LogP contribution in [0.15, 0.2) is 53.3 Å². The molecular formula is C28H27N5O2. The highest BCUT2D eigenvalue weighted by Crippen LogP contribution is 2.45. The molecule has 4 aromatic heterocycles. The van der Waals surface area contributed by atoms with Gasteiger partial charge in [-0.1, -0.05) is 17.3 Å². The summed E-state index contributed by atoms with van der Waals surface area (Å²) in [7, 11) is 0. The van der Waals surface area contributed by atoms with Crippen molar-refractivity contribution in [2.24, 2.45) is 0 Å². The van der Waals surface area contributed by atoms with E-state index in [1.165, 1.54) is 0 Å². The zero-order chi connectivity index (χ0) is 24.3. The largest absolute Gasteiger partial charge is 0.376 e. The normalized spacial score (nSPS) is 14.1. The van der Waals surface area contributed by atoms with E-state index < -0.39 is 5.60 Å². The fraction of sp³-hybridized carbons (Fsp3) is 0.286. The summed E-state index contributed by atoms with van der Waals surface area (Å²) in [5.41, 5.74) is 6.29. The van der Waals surface area contributed by atoms with Crippen LogP contribution in [0, 0.1) is 27.7 Å². The Hall–Kier alpha value is -3.84. The van der Waals surface area contributed by atoms with Crippen LogP contribution in [0.4, 0.5) is 0 Å². The van der Waals surface area contributed by atoms with Gasteiger partial charge in [-0.2, -0.15) is 0 Å². The van der Waals surface area contributed by atoms with E-state index in [9.17, 15) is 5.11 Å². The van der Waals surface area contributed by atoms with Gasteiger partial charge in [-0.15, -0.1) is 0 Å². The monoisotopic (exact) mass is 465 g/mol. The SMILES string of the molecule is Cc1ncccc1C(O)(c1cccnc1C)c1cc(-c2c(C)noc2C)cc2[nH]c(C3CC3)nc12. The quantitative estimate of drug-likeness (QED) is 0.360. The topological polar surface area (TPSA) is 101 Å². The van der Waals surface area contributed by atoms with Crippen molar-refractivity contribution in [1.29, 1.82) is 0 Å². The van der Waals surface area contributed by atoms with Crippen LogP contribution in [0.25, 0.3) is 22.2 Å². The summed E-state index contributed by atoms with van der Waals surface area (Å²) in [6.07, 6.45) is 5.73. The van der Waals surface area contributed by atoms with Crippen LogP contribution >= 0.6 is 0 Å². The van der Waals surface area contributed by atoms with Crippen LogP contribution in [-0.2, 0) is 5.60 Å². The van der Waals surface area contributed by atoms with E-state index >= 15 is 0 Å². The Kier molecular flexibility index (Phi) is 4.86. The van der Waals surface area contributed by atoms with Gasteiger partial charge in [-0.25, -0.2) is 4.98 Å². The number of hydrogen-bond acceptors (Lipinski definition) is 6. The Morgan fingerprint density at radius 1 is 0.914 bits per heavy atom. The predicted molar refractivity (Wildman–Crippen MR) is 133 cm³/mol. The molecule has 6 rings (SSSR count). The maximum atomic E-state index is 12.8. The summed E-state index contributed by atoms with van der Waals surface area (Å²) in [6, 6.07) is 11.7. The number of nitrogens with zero attached hydrogens (tertiary/aromatic N) is 4. The van der Waals surface area contributed by atoms with E-state index in [0.29, 0.717) is 22.6 Å².